The van der Waals surface area contributed by atoms with Gasteiger partial charge >= 0.3 is 12.6 Å². The lowest BCUT2D eigenvalue weighted by Gasteiger charge is -2.26. The minimum absolute atomic E-state index is 0.00991. The Balaban J connectivity index is 1.48. The number of thioether (sulfide) groups is 1. The summed E-state index contributed by atoms with van der Waals surface area (Å²) in [4.78, 5) is 13.9. The van der Waals surface area contributed by atoms with E-state index in [4.69, 9.17) is 32.7 Å². The zero-order valence-electron chi connectivity index (χ0n) is 24.3. The van der Waals surface area contributed by atoms with Crippen LogP contribution in [0.15, 0.2) is 53.7 Å². The first kappa shape index (κ1) is 33.5. The molecule has 0 amide bonds. The summed E-state index contributed by atoms with van der Waals surface area (Å²) in [7, 11) is -4.07. The Kier molecular flexibility index (Phi) is 10.3. The van der Waals surface area contributed by atoms with Crippen LogP contribution in [0.3, 0.4) is 0 Å². The van der Waals surface area contributed by atoms with Crippen LogP contribution in [0.5, 0.6) is 11.5 Å². The Bertz CT molecular complexity index is 1670. The second kappa shape index (κ2) is 13.9. The molecule has 2 aliphatic rings. The number of pyridine rings is 1. The number of rotatable bonds is 12. The zero-order chi connectivity index (χ0) is 32.5. The number of aromatic nitrogens is 1. The largest absolute Gasteiger partial charge is 0.619 e. The molecule has 3 aromatic rings. The van der Waals surface area contributed by atoms with Crippen LogP contribution in [-0.4, -0.2) is 49.6 Å². The molecule has 45 heavy (non-hydrogen) atoms. The predicted octanol–water partition coefficient (Wildman–Crippen LogP) is 6.22. The molecule has 1 aliphatic carbocycles. The van der Waals surface area contributed by atoms with Gasteiger partial charge in [0, 0.05) is 24.3 Å². The van der Waals surface area contributed by atoms with Crippen molar-refractivity contribution in [3.8, 4) is 11.5 Å². The number of carbonyl (C=O) groups is 1. The maximum Gasteiger partial charge on any atom is 0.387 e. The van der Waals surface area contributed by atoms with E-state index in [0.717, 1.165) is 46.9 Å². The molecule has 0 spiro atoms. The molecule has 1 saturated carbocycles. The molecule has 0 bridgehead atoms. The molecular weight excluding hydrogens is 673 g/mol. The first-order chi connectivity index (χ1) is 21.3. The van der Waals surface area contributed by atoms with Crippen molar-refractivity contribution in [3.63, 3.8) is 0 Å². The lowest BCUT2D eigenvalue weighted by atomic mass is 10.0. The SMILES string of the molecule is Cc1ccc(S(=O)(=O)N2CCSC2C(=O)O[C@@H](Cc2c(Cl)c[n+]([O-])cc2Cl)c2ccc(OC(F)F)c(OCC3CC3)c2)c(C)c1. The fraction of sp³-hybridized carbons (Fsp3) is 0.400. The number of esters is 1. The monoisotopic (exact) mass is 702 g/mol. The van der Waals surface area contributed by atoms with Gasteiger partial charge in [-0.05, 0) is 61.9 Å². The van der Waals surface area contributed by atoms with E-state index in [9.17, 15) is 27.2 Å². The van der Waals surface area contributed by atoms with Gasteiger partial charge in [0.05, 0.1) is 11.5 Å². The Morgan fingerprint density at radius 1 is 1.11 bits per heavy atom. The number of halogens is 4. The van der Waals surface area contributed by atoms with Gasteiger partial charge in [0.2, 0.25) is 10.0 Å². The second-order valence-corrected chi connectivity index (χ2v) is 14.7. The molecule has 0 N–H and O–H groups in total. The quantitative estimate of drug-likeness (QED) is 0.124. The molecule has 1 aliphatic heterocycles. The standard InChI is InChI=1S/C30H30Cl2F2N2O7S2/c1-17-3-8-27(18(2)11-17)45(39,40)36-9-10-44-28(36)29(37)42-25(13-21-22(31)14-35(38)15-23(21)32)20-6-7-24(43-30(33)34)26(12-20)41-16-19-4-5-19/h3,6-8,11-12,14-15,19,25,28,30H,4-5,9-10,13,16H2,1-2H3/t25-,28?/m0/s1. The van der Waals surface area contributed by atoms with Crippen molar-refractivity contribution in [2.45, 2.75) is 56.1 Å². The Hall–Kier alpha value is -2.84. The van der Waals surface area contributed by atoms with Gasteiger partial charge in [0.15, 0.2) is 29.3 Å². The van der Waals surface area contributed by atoms with Crippen molar-refractivity contribution >= 4 is 51.0 Å². The van der Waals surface area contributed by atoms with Crippen molar-refractivity contribution in [3.05, 3.63) is 86.3 Å². The van der Waals surface area contributed by atoms with Crippen molar-refractivity contribution in [1.29, 1.82) is 0 Å². The molecule has 0 radical (unpaired) electrons. The molecule has 2 heterocycles. The minimum atomic E-state index is -4.07. The molecule has 2 atom stereocenters. The summed E-state index contributed by atoms with van der Waals surface area (Å²) in [6, 6.07) is 9.11. The number of hydrogen-bond donors (Lipinski definition) is 0. The first-order valence-corrected chi connectivity index (χ1v) is 17.3. The summed E-state index contributed by atoms with van der Waals surface area (Å²) in [5.41, 5.74) is 2.06. The number of ether oxygens (including phenoxy) is 3. The fourth-order valence-corrected chi connectivity index (χ4v) is 8.82. The van der Waals surface area contributed by atoms with Crippen LogP contribution in [0, 0.1) is 25.0 Å². The molecule has 1 aromatic heterocycles. The van der Waals surface area contributed by atoms with Crippen molar-refractivity contribution in [2.75, 3.05) is 18.9 Å². The maximum absolute atomic E-state index is 13.8. The molecule has 9 nitrogen and oxygen atoms in total. The van der Waals surface area contributed by atoms with E-state index in [-0.39, 0.29) is 51.6 Å². The number of benzene rings is 2. The summed E-state index contributed by atoms with van der Waals surface area (Å²) in [6.45, 7) is 0.820. The highest BCUT2D eigenvalue weighted by atomic mass is 35.5. The van der Waals surface area contributed by atoms with Crippen molar-refractivity contribution in [2.24, 2.45) is 5.92 Å². The van der Waals surface area contributed by atoms with Crippen LogP contribution < -0.4 is 14.2 Å². The molecule has 1 unspecified atom stereocenters. The van der Waals surface area contributed by atoms with E-state index in [1.807, 2.05) is 6.92 Å². The summed E-state index contributed by atoms with van der Waals surface area (Å²) < 4.78 is 71.7. The third-order valence-electron chi connectivity index (χ3n) is 7.40. The lowest BCUT2D eigenvalue weighted by Crippen LogP contribution is -2.41. The van der Waals surface area contributed by atoms with E-state index >= 15 is 0 Å². The topological polar surface area (TPSA) is 109 Å². The minimum Gasteiger partial charge on any atom is -0.619 e. The van der Waals surface area contributed by atoms with E-state index in [1.54, 1.807) is 19.1 Å². The number of alkyl halides is 2. The van der Waals surface area contributed by atoms with Gasteiger partial charge in [0.25, 0.3) is 0 Å². The Morgan fingerprint density at radius 3 is 2.47 bits per heavy atom. The summed E-state index contributed by atoms with van der Waals surface area (Å²) >= 11 is 13.8. The summed E-state index contributed by atoms with van der Waals surface area (Å²) in [6.07, 6.45) is 2.84. The zero-order valence-corrected chi connectivity index (χ0v) is 27.4. The van der Waals surface area contributed by atoms with E-state index in [2.05, 4.69) is 4.74 Å². The van der Waals surface area contributed by atoms with Crippen LogP contribution in [0.2, 0.25) is 10.0 Å². The first-order valence-electron chi connectivity index (χ1n) is 14.0. The molecule has 2 aromatic carbocycles. The van der Waals surface area contributed by atoms with E-state index in [1.165, 1.54) is 24.3 Å². The third kappa shape index (κ3) is 7.94. The molecule has 5 rings (SSSR count). The van der Waals surface area contributed by atoms with Gasteiger partial charge in [0.1, 0.15) is 16.1 Å². The molecule has 2 fully saturated rings. The van der Waals surface area contributed by atoms with Gasteiger partial charge in [-0.3, -0.25) is 0 Å². The van der Waals surface area contributed by atoms with Crippen LogP contribution >= 0.6 is 35.0 Å². The average Bonchev–Trinajstić information content (AvgIpc) is 3.64. The van der Waals surface area contributed by atoms with Crippen LogP contribution in [0.1, 0.15) is 41.2 Å². The van der Waals surface area contributed by atoms with Crippen molar-refractivity contribution < 1.29 is 40.9 Å². The highest BCUT2D eigenvalue weighted by molar-refractivity contribution is 8.02. The molecule has 242 valence electrons. The number of aryl methyl sites for hydroxylation is 2. The fourth-order valence-electron chi connectivity index (χ4n) is 4.96. The number of carbonyl (C=O) groups excluding carboxylic acids is 1. The molecule has 1 saturated heterocycles. The highest BCUT2D eigenvalue weighted by Gasteiger charge is 2.42. The van der Waals surface area contributed by atoms with Gasteiger partial charge in [-0.2, -0.15) is 17.8 Å². The van der Waals surface area contributed by atoms with Crippen molar-refractivity contribution in [1.82, 2.24) is 4.31 Å². The van der Waals surface area contributed by atoms with Gasteiger partial charge < -0.3 is 19.4 Å². The Morgan fingerprint density at radius 2 is 1.82 bits per heavy atom. The number of sulfonamides is 1. The van der Waals surface area contributed by atoms with Crippen LogP contribution in [0.25, 0.3) is 0 Å². The summed E-state index contributed by atoms with van der Waals surface area (Å²) in [5.74, 6) is -0.358. The number of nitrogens with zero attached hydrogens (tertiary/aromatic N) is 2. The predicted molar refractivity (Wildman–Crippen MR) is 165 cm³/mol. The summed E-state index contributed by atoms with van der Waals surface area (Å²) in [5, 5.41) is 10.7. The van der Waals surface area contributed by atoms with Gasteiger partial charge in [-0.25, -0.2) is 13.2 Å². The molecular formula is C30H30Cl2F2N2O7S2. The second-order valence-electron chi connectivity index (χ2n) is 10.9. The maximum atomic E-state index is 13.8. The Labute approximate surface area is 274 Å². The third-order valence-corrected chi connectivity index (χ3v) is 11.4. The highest BCUT2D eigenvalue weighted by Crippen LogP contribution is 2.39. The van der Waals surface area contributed by atoms with E-state index in [0.29, 0.717) is 27.5 Å². The van der Waals surface area contributed by atoms with Crippen LogP contribution in [0.4, 0.5) is 8.78 Å². The lowest BCUT2D eigenvalue weighted by molar-refractivity contribution is -0.605. The average molecular weight is 704 g/mol. The molecule has 15 heteroatoms. The van der Waals surface area contributed by atoms with E-state index < -0.39 is 34.1 Å². The smallest absolute Gasteiger partial charge is 0.387 e. The van der Waals surface area contributed by atoms with Gasteiger partial charge in [-0.15, -0.1) is 11.8 Å². The van der Waals surface area contributed by atoms with Crippen LogP contribution in [-0.2, 0) is 26.0 Å². The normalized spacial score (nSPS) is 17.8. The number of hydrogen-bond acceptors (Lipinski definition) is 8. The van der Waals surface area contributed by atoms with Gasteiger partial charge in [-0.1, -0.05) is 47.0 Å².